The predicted molar refractivity (Wildman–Crippen MR) is 73.7 cm³/mol. The lowest BCUT2D eigenvalue weighted by molar-refractivity contribution is 0.0687. The summed E-state index contributed by atoms with van der Waals surface area (Å²) in [5, 5.41) is 13.6. The third-order valence-corrected chi connectivity index (χ3v) is 2.96. The van der Waals surface area contributed by atoms with Gasteiger partial charge in [-0.2, -0.15) is 5.10 Å². The molecule has 5 nitrogen and oxygen atoms in total. The maximum Gasteiger partial charge on any atom is 0.354 e. The maximum absolute atomic E-state index is 13.0. The minimum Gasteiger partial charge on any atom is -0.477 e. The van der Waals surface area contributed by atoms with E-state index < -0.39 is 11.8 Å². The van der Waals surface area contributed by atoms with E-state index in [0.717, 1.165) is 0 Å². The molecule has 3 aromatic rings. The zero-order chi connectivity index (χ0) is 14.8. The van der Waals surface area contributed by atoms with Crippen molar-refractivity contribution < 1.29 is 14.3 Å². The molecular weight excluding hydrogens is 273 g/mol. The second kappa shape index (κ2) is 5.16. The first kappa shape index (κ1) is 13.0. The molecule has 0 atom stereocenters. The normalized spacial score (nSPS) is 10.5. The first-order valence-electron chi connectivity index (χ1n) is 6.15. The quantitative estimate of drug-likeness (QED) is 0.802. The molecule has 0 aliphatic carbocycles. The molecule has 2 aromatic heterocycles. The fourth-order valence-corrected chi connectivity index (χ4v) is 1.97. The molecule has 0 saturated carbocycles. The van der Waals surface area contributed by atoms with Crippen LogP contribution in [0.1, 0.15) is 10.5 Å². The van der Waals surface area contributed by atoms with Crippen LogP contribution in [0.3, 0.4) is 0 Å². The number of benzene rings is 1. The van der Waals surface area contributed by atoms with Gasteiger partial charge < -0.3 is 5.11 Å². The van der Waals surface area contributed by atoms with Crippen LogP contribution in [0.15, 0.2) is 54.9 Å². The summed E-state index contributed by atoms with van der Waals surface area (Å²) < 4.78 is 14.2. The number of aromatic carboxylic acids is 1. The third kappa shape index (κ3) is 2.51. The van der Waals surface area contributed by atoms with Crippen LogP contribution in [-0.2, 0) is 0 Å². The zero-order valence-corrected chi connectivity index (χ0v) is 10.8. The highest BCUT2D eigenvalue weighted by atomic mass is 19.1. The number of pyridine rings is 1. The van der Waals surface area contributed by atoms with E-state index in [9.17, 15) is 14.3 Å². The van der Waals surface area contributed by atoms with Crippen LogP contribution in [0.25, 0.3) is 16.9 Å². The monoisotopic (exact) mass is 283 g/mol. The van der Waals surface area contributed by atoms with Gasteiger partial charge in [0.2, 0.25) is 0 Å². The number of nitrogens with zero attached hydrogens (tertiary/aromatic N) is 3. The average molecular weight is 283 g/mol. The van der Waals surface area contributed by atoms with Gasteiger partial charge in [0.15, 0.2) is 5.69 Å². The van der Waals surface area contributed by atoms with Gasteiger partial charge >= 0.3 is 5.97 Å². The lowest BCUT2D eigenvalue weighted by Crippen LogP contribution is -2.07. The summed E-state index contributed by atoms with van der Waals surface area (Å²) >= 11 is 0. The first-order chi connectivity index (χ1) is 10.1. The standard InChI is InChI=1S/C15H10FN3O2/c16-11-3-5-12(6-4-11)19-14(15(20)21)8-13(18-19)10-2-1-7-17-9-10/h1-9H,(H,20,21). The number of carboxylic acid groups (broad SMARTS) is 1. The molecule has 6 heteroatoms. The van der Waals surface area contributed by atoms with Crippen molar-refractivity contribution in [2.75, 3.05) is 0 Å². The van der Waals surface area contributed by atoms with Crippen molar-refractivity contribution in [3.8, 4) is 16.9 Å². The van der Waals surface area contributed by atoms with Gasteiger partial charge in [-0.1, -0.05) is 0 Å². The molecule has 0 radical (unpaired) electrons. The lowest BCUT2D eigenvalue weighted by atomic mass is 10.2. The van der Waals surface area contributed by atoms with Crippen molar-refractivity contribution in [2.45, 2.75) is 0 Å². The number of rotatable bonds is 3. The topological polar surface area (TPSA) is 68.0 Å². The minimum atomic E-state index is -1.11. The van der Waals surface area contributed by atoms with Crippen molar-refractivity contribution in [3.63, 3.8) is 0 Å². The van der Waals surface area contributed by atoms with Crippen LogP contribution >= 0.6 is 0 Å². The number of carboxylic acids is 1. The second-order valence-corrected chi connectivity index (χ2v) is 4.35. The van der Waals surface area contributed by atoms with Crippen molar-refractivity contribution in [1.82, 2.24) is 14.8 Å². The Labute approximate surface area is 119 Å². The summed E-state index contributed by atoms with van der Waals surface area (Å²) in [5.41, 5.74) is 1.68. The third-order valence-electron chi connectivity index (χ3n) is 2.96. The van der Waals surface area contributed by atoms with E-state index in [1.807, 2.05) is 0 Å². The van der Waals surface area contributed by atoms with E-state index in [4.69, 9.17) is 0 Å². The Bertz CT molecular complexity index is 782. The molecule has 0 bridgehead atoms. The highest BCUT2D eigenvalue weighted by Gasteiger charge is 2.16. The Morgan fingerprint density at radius 3 is 2.57 bits per heavy atom. The van der Waals surface area contributed by atoms with Gasteiger partial charge in [-0.15, -0.1) is 0 Å². The van der Waals surface area contributed by atoms with Crippen LogP contribution in [-0.4, -0.2) is 25.8 Å². The van der Waals surface area contributed by atoms with E-state index in [1.165, 1.54) is 35.0 Å². The van der Waals surface area contributed by atoms with E-state index in [-0.39, 0.29) is 5.69 Å². The molecule has 0 unspecified atom stereocenters. The van der Waals surface area contributed by atoms with Crippen LogP contribution in [0.5, 0.6) is 0 Å². The minimum absolute atomic E-state index is 0.000427. The van der Waals surface area contributed by atoms with Crippen molar-refractivity contribution in [3.05, 3.63) is 66.4 Å². The highest BCUT2D eigenvalue weighted by molar-refractivity contribution is 5.88. The molecule has 1 aromatic carbocycles. The summed E-state index contributed by atoms with van der Waals surface area (Å²) in [4.78, 5) is 15.3. The summed E-state index contributed by atoms with van der Waals surface area (Å²) in [5.74, 6) is -1.50. The molecule has 0 fully saturated rings. The van der Waals surface area contributed by atoms with Crippen molar-refractivity contribution >= 4 is 5.97 Å². The first-order valence-corrected chi connectivity index (χ1v) is 6.15. The number of aromatic nitrogens is 3. The molecule has 0 aliphatic rings. The van der Waals surface area contributed by atoms with Crippen molar-refractivity contribution in [2.24, 2.45) is 0 Å². The van der Waals surface area contributed by atoms with Crippen LogP contribution in [0.2, 0.25) is 0 Å². The number of halogens is 1. The maximum atomic E-state index is 13.0. The largest absolute Gasteiger partial charge is 0.477 e. The van der Waals surface area contributed by atoms with Gasteiger partial charge in [0.25, 0.3) is 0 Å². The Kier molecular flexibility index (Phi) is 3.19. The highest BCUT2D eigenvalue weighted by Crippen LogP contribution is 2.21. The van der Waals surface area contributed by atoms with Gasteiger partial charge in [-0.3, -0.25) is 4.98 Å². The summed E-state index contributed by atoms with van der Waals surface area (Å²) in [6.45, 7) is 0. The number of hydrogen-bond donors (Lipinski definition) is 1. The van der Waals surface area contributed by atoms with Gasteiger partial charge in [-0.05, 0) is 42.5 Å². The lowest BCUT2D eigenvalue weighted by Gasteiger charge is -2.03. The number of carbonyl (C=O) groups is 1. The molecule has 0 saturated heterocycles. The molecular formula is C15H10FN3O2. The Balaban J connectivity index is 2.14. The zero-order valence-electron chi connectivity index (χ0n) is 10.8. The fourth-order valence-electron chi connectivity index (χ4n) is 1.97. The fraction of sp³-hybridized carbons (Fsp3) is 0. The van der Waals surface area contributed by atoms with E-state index in [1.54, 1.807) is 24.5 Å². The molecule has 0 amide bonds. The molecule has 2 heterocycles. The average Bonchev–Trinajstić information content (AvgIpc) is 2.94. The van der Waals surface area contributed by atoms with Crippen molar-refractivity contribution in [1.29, 1.82) is 0 Å². The molecule has 3 rings (SSSR count). The smallest absolute Gasteiger partial charge is 0.354 e. The van der Waals surface area contributed by atoms with Crippen LogP contribution in [0.4, 0.5) is 4.39 Å². The van der Waals surface area contributed by atoms with E-state index in [0.29, 0.717) is 16.9 Å². The molecule has 104 valence electrons. The van der Waals surface area contributed by atoms with Crippen LogP contribution in [0, 0.1) is 5.82 Å². The summed E-state index contributed by atoms with van der Waals surface area (Å²) in [6, 6.07) is 10.5. The Morgan fingerprint density at radius 1 is 1.19 bits per heavy atom. The second-order valence-electron chi connectivity index (χ2n) is 4.35. The SMILES string of the molecule is O=C(O)c1cc(-c2cccnc2)nn1-c1ccc(F)cc1. The summed E-state index contributed by atoms with van der Waals surface area (Å²) in [7, 11) is 0. The molecule has 0 spiro atoms. The van der Waals surface area contributed by atoms with Gasteiger partial charge in [0.05, 0.1) is 11.4 Å². The Hall–Kier alpha value is -3.02. The molecule has 0 aliphatic heterocycles. The Morgan fingerprint density at radius 2 is 1.95 bits per heavy atom. The van der Waals surface area contributed by atoms with E-state index in [2.05, 4.69) is 10.1 Å². The number of hydrogen-bond acceptors (Lipinski definition) is 3. The van der Waals surface area contributed by atoms with Gasteiger partial charge in [0.1, 0.15) is 5.82 Å². The summed E-state index contributed by atoms with van der Waals surface area (Å²) in [6.07, 6.45) is 3.22. The molecule has 21 heavy (non-hydrogen) atoms. The predicted octanol–water partition coefficient (Wildman–Crippen LogP) is 2.77. The van der Waals surface area contributed by atoms with Gasteiger partial charge in [-0.25, -0.2) is 13.9 Å². The molecule has 1 N–H and O–H groups in total. The van der Waals surface area contributed by atoms with Crippen LogP contribution < -0.4 is 0 Å². The van der Waals surface area contributed by atoms with E-state index >= 15 is 0 Å². The van der Waals surface area contributed by atoms with Gasteiger partial charge in [0, 0.05) is 18.0 Å².